The molecule has 2 aromatic carbocycles. The predicted octanol–water partition coefficient (Wildman–Crippen LogP) is 4.32. The zero-order valence-corrected chi connectivity index (χ0v) is 11.3. The van der Waals surface area contributed by atoms with E-state index in [-0.39, 0.29) is 18.1 Å². The Morgan fingerprint density at radius 2 is 1.90 bits per heavy atom. The van der Waals surface area contributed by atoms with Gasteiger partial charge in [-0.3, -0.25) is 4.79 Å². The number of halogens is 2. The van der Waals surface area contributed by atoms with Gasteiger partial charge in [-0.1, -0.05) is 29.8 Å². The maximum Gasteiger partial charge on any atom is 0.183 e. The van der Waals surface area contributed by atoms with Crippen LogP contribution in [-0.2, 0) is 6.54 Å². The number of ketones is 1. The fourth-order valence-corrected chi connectivity index (χ4v) is 2.49. The van der Waals surface area contributed by atoms with E-state index in [1.54, 1.807) is 53.2 Å². The molecular formula is C16H11ClFNO. The molecule has 2 nitrogen and oxygen atoms in total. The van der Waals surface area contributed by atoms with E-state index in [0.29, 0.717) is 21.5 Å². The summed E-state index contributed by atoms with van der Waals surface area (Å²) in [6.45, 7) is 0.136. The molecule has 3 rings (SSSR count). The van der Waals surface area contributed by atoms with Crippen molar-refractivity contribution in [2.45, 2.75) is 6.54 Å². The van der Waals surface area contributed by atoms with Gasteiger partial charge >= 0.3 is 0 Å². The number of carbonyl (C=O) groups excluding carboxylic acids is 1. The molecule has 100 valence electrons. The quantitative estimate of drug-likeness (QED) is 0.658. The molecule has 0 atom stereocenters. The van der Waals surface area contributed by atoms with Gasteiger partial charge in [0.2, 0.25) is 0 Å². The van der Waals surface area contributed by atoms with Gasteiger partial charge in [0.25, 0.3) is 0 Å². The molecule has 20 heavy (non-hydrogen) atoms. The van der Waals surface area contributed by atoms with Gasteiger partial charge in [0.05, 0.1) is 17.1 Å². The Labute approximate surface area is 120 Å². The smallest absolute Gasteiger partial charge is 0.183 e. The first-order valence-corrected chi connectivity index (χ1v) is 6.56. The van der Waals surface area contributed by atoms with Crippen LogP contribution in [0.15, 0.2) is 54.7 Å². The van der Waals surface area contributed by atoms with Crippen molar-refractivity contribution in [3.8, 4) is 0 Å². The zero-order valence-electron chi connectivity index (χ0n) is 10.5. The van der Waals surface area contributed by atoms with Crippen LogP contribution in [0.4, 0.5) is 4.39 Å². The van der Waals surface area contributed by atoms with Crippen molar-refractivity contribution in [1.82, 2.24) is 4.57 Å². The van der Waals surface area contributed by atoms with Crippen LogP contribution < -0.4 is 0 Å². The Bertz CT molecular complexity index is 794. The zero-order chi connectivity index (χ0) is 14.1. The third-order valence-electron chi connectivity index (χ3n) is 3.25. The molecule has 3 aromatic rings. The van der Waals surface area contributed by atoms with E-state index in [2.05, 4.69) is 0 Å². The molecule has 0 saturated heterocycles. The molecule has 1 heterocycles. The Hall–Kier alpha value is -2.13. The maximum absolute atomic E-state index is 13.6. The van der Waals surface area contributed by atoms with Crippen LogP contribution in [0.2, 0.25) is 5.02 Å². The van der Waals surface area contributed by atoms with Crippen molar-refractivity contribution >= 4 is 28.3 Å². The summed E-state index contributed by atoms with van der Waals surface area (Å²) in [6, 6.07) is 13.4. The number of fused-ring (bicyclic) bond motifs is 1. The molecule has 0 aliphatic heterocycles. The minimum atomic E-state index is -0.286. The Morgan fingerprint density at radius 1 is 1.10 bits per heavy atom. The molecular weight excluding hydrogens is 277 g/mol. The first-order valence-electron chi connectivity index (χ1n) is 6.18. The number of carbonyl (C=O) groups is 1. The summed E-state index contributed by atoms with van der Waals surface area (Å²) in [4.78, 5) is 12.3. The number of rotatable bonds is 3. The number of hydrogen-bond acceptors (Lipinski definition) is 1. The van der Waals surface area contributed by atoms with E-state index in [4.69, 9.17) is 11.6 Å². The van der Waals surface area contributed by atoms with Gasteiger partial charge in [-0.25, -0.2) is 4.39 Å². The summed E-state index contributed by atoms with van der Waals surface area (Å²) in [6.07, 6.45) is 1.71. The van der Waals surface area contributed by atoms with Gasteiger partial charge in [-0.2, -0.15) is 0 Å². The minimum Gasteiger partial charge on any atom is -0.340 e. The van der Waals surface area contributed by atoms with Crippen LogP contribution in [0, 0.1) is 5.82 Å². The van der Waals surface area contributed by atoms with Gasteiger partial charge < -0.3 is 4.57 Å². The summed E-state index contributed by atoms with van der Waals surface area (Å²) in [7, 11) is 0. The lowest BCUT2D eigenvalue weighted by Crippen LogP contribution is -2.10. The van der Waals surface area contributed by atoms with Crippen LogP contribution in [0.3, 0.4) is 0 Å². The van der Waals surface area contributed by atoms with Crippen molar-refractivity contribution in [3.63, 3.8) is 0 Å². The topological polar surface area (TPSA) is 22.0 Å². The SMILES string of the molecule is O=C(Cn1ccc2c(F)cccc21)c1ccccc1Cl. The number of benzene rings is 2. The second-order valence-electron chi connectivity index (χ2n) is 4.52. The highest BCUT2D eigenvalue weighted by atomic mass is 35.5. The molecule has 0 unspecified atom stereocenters. The standard InChI is InChI=1S/C16H11ClFNO/c17-13-5-2-1-4-11(13)16(20)10-19-9-8-12-14(18)6-3-7-15(12)19/h1-9H,10H2. The van der Waals surface area contributed by atoms with Gasteiger partial charge in [-0.05, 0) is 30.3 Å². The van der Waals surface area contributed by atoms with Crippen molar-refractivity contribution < 1.29 is 9.18 Å². The van der Waals surface area contributed by atoms with Crippen LogP contribution in [0.25, 0.3) is 10.9 Å². The maximum atomic E-state index is 13.6. The van der Waals surface area contributed by atoms with Crippen LogP contribution >= 0.6 is 11.6 Å². The normalized spacial score (nSPS) is 10.9. The molecule has 0 aliphatic carbocycles. The van der Waals surface area contributed by atoms with Crippen molar-refractivity contribution in [3.05, 3.63) is 71.1 Å². The van der Waals surface area contributed by atoms with Crippen molar-refractivity contribution in [1.29, 1.82) is 0 Å². The van der Waals surface area contributed by atoms with Crippen molar-refractivity contribution in [2.24, 2.45) is 0 Å². The Balaban J connectivity index is 1.96. The van der Waals surface area contributed by atoms with Gasteiger partial charge in [0.1, 0.15) is 5.82 Å². The minimum absolute atomic E-state index is 0.0997. The summed E-state index contributed by atoms with van der Waals surface area (Å²) in [5, 5.41) is 0.944. The third kappa shape index (κ3) is 2.21. The van der Waals surface area contributed by atoms with Crippen LogP contribution in [-0.4, -0.2) is 10.4 Å². The molecule has 0 aliphatic rings. The predicted molar refractivity (Wildman–Crippen MR) is 77.7 cm³/mol. The molecule has 0 saturated carbocycles. The molecule has 1 aromatic heterocycles. The first kappa shape index (κ1) is 12.9. The molecule has 4 heteroatoms. The highest BCUT2D eigenvalue weighted by Crippen LogP contribution is 2.21. The highest BCUT2D eigenvalue weighted by molar-refractivity contribution is 6.33. The second-order valence-corrected chi connectivity index (χ2v) is 4.93. The van der Waals surface area contributed by atoms with Crippen molar-refractivity contribution in [2.75, 3.05) is 0 Å². The van der Waals surface area contributed by atoms with Gasteiger partial charge in [0.15, 0.2) is 5.78 Å². The van der Waals surface area contributed by atoms with E-state index < -0.39 is 0 Å². The van der Waals surface area contributed by atoms with Gasteiger partial charge in [-0.15, -0.1) is 0 Å². The largest absolute Gasteiger partial charge is 0.340 e. The summed E-state index contributed by atoms with van der Waals surface area (Å²) >= 11 is 6.01. The van der Waals surface area contributed by atoms with Crippen LogP contribution in [0.5, 0.6) is 0 Å². The van der Waals surface area contributed by atoms with E-state index in [1.807, 2.05) is 0 Å². The second kappa shape index (κ2) is 5.10. The first-order chi connectivity index (χ1) is 9.66. The molecule has 0 radical (unpaired) electrons. The lowest BCUT2D eigenvalue weighted by atomic mass is 10.1. The molecule has 0 N–H and O–H groups in total. The van der Waals surface area contributed by atoms with E-state index >= 15 is 0 Å². The lowest BCUT2D eigenvalue weighted by molar-refractivity contribution is 0.0973. The number of Topliss-reactive ketones (excluding diaryl/α,β-unsaturated/α-hetero) is 1. The number of nitrogens with zero attached hydrogens (tertiary/aromatic N) is 1. The highest BCUT2D eigenvalue weighted by Gasteiger charge is 2.12. The molecule has 0 amide bonds. The monoisotopic (exact) mass is 287 g/mol. The number of hydrogen-bond donors (Lipinski definition) is 0. The molecule has 0 fully saturated rings. The average molecular weight is 288 g/mol. The van der Waals surface area contributed by atoms with E-state index in [9.17, 15) is 9.18 Å². The fourth-order valence-electron chi connectivity index (χ4n) is 2.25. The fraction of sp³-hybridized carbons (Fsp3) is 0.0625. The van der Waals surface area contributed by atoms with Crippen LogP contribution in [0.1, 0.15) is 10.4 Å². The lowest BCUT2D eigenvalue weighted by Gasteiger charge is -2.06. The number of aromatic nitrogens is 1. The third-order valence-corrected chi connectivity index (χ3v) is 3.58. The molecule has 0 bridgehead atoms. The summed E-state index contributed by atoms with van der Waals surface area (Å²) in [5.41, 5.74) is 1.18. The Morgan fingerprint density at radius 3 is 2.70 bits per heavy atom. The van der Waals surface area contributed by atoms with Gasteiger partial charge in [0, 0.05) is 17.1 Å². The summed E-state index contributed by atoms with van der Waals surface area (Å²) < 4.78 is 15.3. The molecule has 0 spiro atoms. The van der Waals surface area contributed by atoms with E-state index in [0.717, 1.165) is 0 Å². The summed E-state index contributed by atoms with van der Waals surface area (Å²) in [5.74, 6) is -0.385. The Kier molecular flexibility index (Phi) is 3.28. The van der Waals surface area contributed by atoms with E-state index in [1.165, 1.54) is 6.07 Å². The average Bonchev–Trinajstić information content (AvgIpc) is 2.84.